The van der Waals surface area contributed by atoms with E-state index in [1.165, 1.54) is 111 Å². The fraction of sp³-hybridized carbons (Fsp3) is 0.105. The Kier molecular flexibility index (Phi) is 12.0. The molecular weight excluding hydrogens is 941 g/mol. The second-order valence-corrected chi connectivity index (χ2v) is 22.8. The highest BCUT2D eigenvalue weighted by molar-refractivity contribution is 6.33. The van der Waals surface area contributed by atoms with Gasteiger partial charge in [-0.3, -0.25) is 0 Å². The topological polar surface area (TPSA) is 6.48 Å². The van der Waals surface area contributed by atoms with E-state index in [-0.39, 0.29) is 10.8 Å². The van der Waals surface area contributed by atoms with Crippen LogP contribution in [-0.4, -0.2) is 0 Å². The number of para-hydroxylation sites is 4. The lowest BCUT2D eigenvalue weighted by molar-refractivity contribution is 0.590. The zero-order chi connectivity index (χ0) is 53.1. The van der Waals surface area contributed by atoms with Crippen LogP contribution in [0, 0.1) is 0 Å². The second-order valence-electron chi connectivity index (χ2n) is 22.8. The molecule has 2 nitrogen and oxygen atoms in total. The third-order valence-electron chi connectivity index (χ3n) is 15.8. The van der Waals surface area contributed by atoms with Gasteiger partial charge in [0.15, 0.2) is 0 Å². The summed E-state index contributed by atoms with van der Waals surface area (Å²) in [6.45, 7) is 13.9. The fourth-order valence-corrected chi connectivity index (χ4v) is 12.4. The molecule has 12 aromatic rings. The lowest BCUT2D eigenvalue weighted by Gasteiger charge is -2.38. The van der Waals surface area contributed by atoms with Crippen LogP contribution in [0.2, 0.25) is 0 Å². The van der Waals surface area contributed by atoms with Crippen molar-refractivity contribution in [3.63, 3.8) is 0 Å². The Labute approximate surface area is 460 Å². The molecular formula is C76H62N2. The van der Waals surface area contributed by atoms with Crippen LogP contribution in [0.4, 0.5) is 34.1 Å². The molecule has 0 atom stereocenters. The fourth-order valence-electron chi connectivity index (χ4n) is 12.4. The van der Waals surface area contributed by atoms with E-state index in [0.29, 0.717) is 0 Å². The second kappa shape index (κ2) is 19.4. The standard InChI is InChI=1S/C76H62N2/c1-75(2,3)63-41-25-27-43-65(63)77(55-37-21-11-22-38-55)57-45-47-59-61(49-57)69(53-33-17-9-18-34-53)73-71(67(59)51-29-13-7-14-30-51)72-68(52-31-15-8-16-32-52)60-48-46-58(50-62(60)70(74(72)73)54-35-19-10-20-36-54)78(56-39-23-12-24-40-56)66-44-28-26-42-64(66)76(4,5)6/h7-50H,1-6H3. The van der Waals surface area contributed by atoms with Crippen LogP contribution in [0.5, 0.6) is 0 Å². The molecule has 0 amide bonds. The number of benzene rings is 12. The number of anilines is 6. The van der Waals surface area contributed by atoms with E-state index >= 15 is 0 Å². The third kappa shape index (κ3) is 8.28. The van der Waals surface area contributed by atoms with Crippen molar-refractivity contribution in [2.75, 3.05) is 9.80 Å². The van der Waals surface area contributed by atoms with Crippen molar-refractivity contribution in [3.8, 4) is 66.8 Å². The lowest BCUT2D eigenvalue weighted by Crippen LogP contribution is -2.19. The molecule has 376 valence electrons. The van der Waals surface area contributed by atoms with Crippen LogP contribution in [0.25, 0.3) is 88.3 Å². The molecule has 0 saturated carbocycles. The average molecular weight is 1000 g/mol. The summed E-state index contributed by atoms with van der Waals surface area (Å²) < 4.78 is 0. The molecule has 78 heavy (non-hydrogen) atoms. The maximum absolute atomic E-state index is 2.48. The molecule has 12 aromatic carbocycles. The van der Waals surface area contributed by atoms with Crippen molar-refractivity contribution in [2.45, 2.75) is 52.4 Å². The van der Waals surface area contributed by atoms with Crippen molar-refractivity contribution in [1.82, 2.24) is 0 Å². The molecule has 2 heteroatoms. The SMILES string of the molecule is CC(C)(C)c1ccccc1N(c1ccccc1)c1ccc2c(-c3ccccc3)c3c(c(-c4ccccc4)c2c1)-c1c-3c(-c2ccccc2)c2ccc(N(c3ccccc3)c3ccccc3C(C)(C)C)cc2c1-c1ccccc1. The van der Waals surface area contributed by atoms with E-state index in [4.69, 9.17) is 0 Å². The molecule has 0 heterocycles. The number of fused-ring (bicyclic) bond motifs is 6. The summed E-state index contributed by atoms with van der Waals surface area (Å²) >= 11 is 0. The molecule has 0 fully saturated rings. The van der Waals surface area contributed by atoms with Gasteiger partial charge in [-0.1, -0.05) is 248 Å². The highest BCUT2D eigenvalue weighted by Gasteiger charge is 2.39. The molecule has 0 unspecified atom stereocenters. The zero-order valence-corrected chi connectivity index (χ0v) is 45.3. The first kappa shape index (κ1) is 48.4. The largest absolute Gasteiger partial charge is 0.310 e. The van der Waals surface area contributed by atoms with Gasteiger partial charge in [-0.15, -0.1) is 0 Å². The molecule has 0 radical (unpaired) electrons. The van der Waals surface area contributed by atoms with Crippen molar-refractivity contribution in [2.24, 2.45) is 0 Å². The van der Waals surface area contributed by atoms with E-state index in [0.717, 1.165) is 22.7 Å². The zero-order valence-electron chi connectivity index (χ0n) is 45.3. The van der Waals surface area contributed by atoms with Crippen molar-refractivity contribution < 1.29 is 0 Å². The predicted molar refractivity (Wildman–Crippen MR) is 334 cm³/mol. The Morgan fingerprint density at radius 2 is 0.474 bits per heavy atom. The lowest BCUT2D eigenvalue weighted by atomic mass is 9.65. The highest BCUT2D eigenvalue weighted by atomic mass is 15.2. The maximum Gasteiger partial charge on any atom is 0.0498 e. The predicted octanol–water partition coefficient (Wildman–Crippen LogP) is 21.8. The Hall–Kier alpha value is -9.24. The van der Waals surface area contributed by atoms with Crippen LogP contribution in [0.15, 0.2) is 267 Å². The Morgan fingerprint density at radius 1 is 0.218 bits per heavy atom. The highest BCUT2D eigenvalue weighted by Crippen LogP contribution is 2.66. The van der Waals surface area contributed by atoms with Crippen LogP contribution >= 0.6 is 0 Å². The number of hydrogen-bond donors (Lipinski definition) is 0. The molecule has 0 N–H and O–H groups in total. The summed E-state index contributed by atoms with van der Waals surface area (Å²) in [5.74, 6) is 0. The first-order valence-corrected chi connectivity index (χ1v) is 27.4. The average Bonchev–Trinajstić information content (AvgIpc) is 1.91. The van der Waals surface area contributed by atoms with Gasteiger partial charge in [0.2, 0.25) is 0 Å². The Bertz CT molecular complexity index is 3900. The van der Waals surface area contributed by atoms with Crippen LogP contribution in [0.3, 0.4) is 0 Å². The third-order valence-corrected chi connectivity index (χ3v) is 15.8. The van der Waals surface area contributed by atoms with Crippen molar-refractivity contribution in [1.29, 1.82) is 0 Å². The van der Waals surface area contributed by atoms with Gasteiger partial charge in [0.25, 0.3) is 0 Å². The minimum atomic E-state index is -0.107. The molecule has 0 spiro atoms. The summed E-state index contributed by atoms with van der Waals surface area (Å²) in [7, 11) is 0. The van der Waals surface area contributed by atoms with Crippen LogP contribution in [-0.2, 0) is 10.8 Å². The molecule has 13 rings (SSSR count). The van der Waals surface area contributed by atoms with E-state index in [2.05, 4.69) is 318 Å². The smallest absolute Gasteiger partial charge is 0.0498 e. The van der Waals surface area contributed by atoms with Gasteiger partial charge in [0, 0.05) is 34.1 Å². The van der Waals surface area contributed by atoms with Gasteiger partial charge in [-0.05, 0) is 171 Å². The summed E-state index contributed by atoms with van der Waals surface area (Å²) in [5, 5.41) is 4.85. The van der Waals surface area contributed by atoms with E-state index in [1.54, 1.807) is 0 Å². The summed E-state index contributed by atoms with van der Waals surface area (Å²) in [6, 6.07) is 98.8. The van der Waals surface area contributed by atoms with Gasteiger partial charge >= 0.3 is 0 Å². The Morgan fingerprint density at radius 3 is 0.769 bits per heavy atom. The molecule has 1 aliphatic rings. The van der Waals surface area contributed by atoms with Gasteiger partial charge in [0.1, 0.15) is 0 Å². The summed E-state index contributed by atoms with van der Waals surface area (Å²) in [5.41, 5.74) is 24.0. The molecule has 0 saturated heterocycles. The molecule has 0 aliphatic heterocycles. The van der Waals surface area contributed by atoms with Gasteiger partial charge < -0.3 is 9.80 Å². The maximum atomic E-state index is 2.48. The van der Waals surface area contributed by atoms with E-state index < -0.39 is 0 Å². The van der Waals surface area contributed by atoms with Gasteiger partial charge in [0.05, 0.1) is 0 Å². The molecule has 0 bridgehead atoms. The number of nitrogens with zero attached hydrogens (tertiary/aromatic N) is 2. The van der Waals surface area contributed by atoms with Gasteiger partial charge in [-0.25, -0.2) is 0 Å². The first-order chi connectivity index (χ1) is 38.0. The number of rotatable bonds is 10. The normalized spacial score (nSPS) is 12.0. The number of hydrogen-bond acceptors (Lipinski definition) is 2. The minimum Gasteiger partial charge on any atom is -0.310 e. The quantitative estimate of drug-likeness (QED) is 0.135. The minimum absolute atomic E-state index is 0.107. The van der Waals surface area contributed by atoms with E-state index in [9.17, 15) is 0 Å². The monoisotopic (exact) mass is 1000 g/mol. The van der Waals surface area contributed by atoms with E-state index in [1.807, 2.05) is 0 Å². The van der Waals surface area contributed by atoms with Gasteiger partial charge in [-0.2, -0.15) is 0 Å². The first-order valence-electron chi connectivity index (χ1n) is 27.4. The van der Waals surface area contributed by atoms with Crippen molar-refractivity contribution >= 4 is 55.7 Å². The Balaban J connectivity index is 1.20. The van der Waals surface area contributed by atoms with Crippen molar-refractivity contribution in [3.05, 3.63) is 278 Å². The summed E-state index contributed by atoms with van der Waals surface area (Å²) in [6.07, 6.45) is 0. The van der Waals surface area contributed by atoms with Crippen LogP contribution < -0.4 is 9.80 Å². The molecule has 0 aromatic heterocycles. The molecule has 1 aliphatic carbocycles. The summed E-state index contributed by atoms with van der Waals surface area (Å²) in [4.78, 5) is 4.94. The van der Waals surface area contributed by atoms with Crippen LogP contribution in [0.1, 0.15) is 52.7 Å².